The molecule has 3 saturated heterocycles. The minimum absolute atomic E-state index is 0.172. The van der Waals surface area contributed by atoms with E-state index in [1.54, 1.807) is 19.3 Å². The van der Waals surface area contributed by atoms with Crippen LogP contribution in [0.4, 0.5) is 17.1 Å². The first-order chi connectivity index (χ1) is 44.5. The number of nitrogens with zero attached hydrogens (tertiary/aromatic N) is 7. The number of nitrogens with one attached hydrogen (secondary N) is 6. The summed E-state index contributed by atoms with van der Waals surface area (Å²) in [4.78, 5) is 44.4. The first-order valence-corrected chi connectivity index (χ1v) is 31.8. The predicted octanol–water partition coefficient (Wildman–Crippen LogP) is 9.12. The number of ether oxygens (including phenoxy) is 3. The summed E-state index contributed by atoms with van der Waals surface area (Å²) in [6.45, 7) is 13.9. The van der Waals surface area contributed by atoms with Gasteiger partial charge in [0.25, 0.3) is 17.7 Å². The van der Waals surface area contributed by atoms with Crippen LogP contribution < -0.4 is 31.9 Å². The number of hydrogen-bond acceptors (Lipinski definition) is 16. The van der Waals surface area contributed by atoms with Gasteiger partial charge in [-0.2, -0.15) is 15.3 Å². The number of carbonyl (C=O) groups excluding carboxylic acids is 3. The fraction of sp³-hybridized carbons (Fsp3) is 0.406. The molecule has 480 valence electrons. The number of aryl methyl sites for hydroxylation is 3. The lowest BCUT2D eigenvalue weighted by atomic mass is 10.0. The summed E-state index contributed by atoms with van der Waals surface area (Å²) < 4.78 is 22.1. The first kappa shape index (κ1) is 65.2. The van der Waals surface area contributed by atoms with Gasteiger partial charge in [-0.25, -0.2) is 9.67 Å². The van der Waals surface area contributed by atoms with Crippen molar-refractivity contribution in [2.75, 3.05) is 68.8 Å². The highest BCUT2D eigenvalue weighted by Crippen LogP contribution is 2.34. The molecule has 12 rings (SSSR count). The van der Waals surface area contributed by atoms with Crippen molar-refractivity contribution in [1.29, 1.82) is 0 Å². The summed E-state index contributed by atoms with van der Waals surface area (Å²) in [6.07, 6.45) is 11.5. The highest BCUT2D eigenvalue weighted by molar-refractivity contribution is 6.09. The Morgan fingerprint density at radius 1 is 0.473 bits per heavy atom. The van der Waals surface area contributed by atoms with Gasteiger partial charge in [0.1, 0.15) is 0 Å². The second kappa shape index (κ2) is 31.8. The van der Waals surface area contributed by atoms with Crippen molar-refractivity contribution in [3.05, 3.63) is 173 Å². The van der Waals surface area contributed by atoms with E-state index in [4.69, 9.17) is 14.2 Å². The lowest BCUT2D eigenvalue weighted by molar-refractivity contribution is 0.0856. The van der Waals surface area contributed by atoms with Gasteiger partial charge in [-0.15, -0.1) is 0 Å². The maximum absolute atomic E-state index is 13.4. The number of anilines is 3. The lowest BCUT2D eigenvalue weighted by Gasteiger charge is -2.26. The third-order valence-corrected chi connectivity index (χ3v) is 17.0. The number of rotatable bonds is 21. The van der Waals surface area contributed by atoms with Crippen LogP contribution in [0.1, 0.15) is 132 Å². The van der Waals surface area contributed by atoms with E-state index < -0.39 is 24.2 Å². The third-order valence-electron chi connectivity index (χ3n) is 17.0. The van der Waals surface area contributed by atoms with E-state index in [0.29, 0.717) is 62.9 Å². The van der Waals surface area contributed by atoms with E-state index in [-0.39, 0.29) is 49.1 Å². The van der Waals surface area contributed by atoms with Crippen LogP contribution >= 0.6 is 0 Å². The molecule has 22 heteroatoms. The molecule has 3 aliphatic rings. The number of hydrogen-bond donors (Lipinski definition) is 9. The molecule has 0 spiro atoms. The molecule has 3 aliphatic heterocycles. The highest BCUT2D eigenvalue weighted by atomic mass is 16.5. The van der Waals surface area contributed by atoms with E-state index in [1.807, 2.05) is 162 Å². The Labute approximate surface area is 530 Å². The average molecular weight is 1240 g/mol. The largest absolute Gasteiger partial charge is 0.394 e. The molecule has 91 heavy (non-hydrogen) atoms. The summed E-state index contributed by atoms with van der Waals surface area (Å²) in [5.74, 6) is -0.736. The molecule has 0 radical (unpaired) electrons. The van der Waals surface area contributed by atoms with E-state index in [2.05, 4.69) is 52.2 Å². The van der Waals surface area contributed by atoms with Crippen LogP contribution in [0, 0.1) is 0 Å². The third kappa shape index (κ3) is 15.9. The zero-order valence-corrected chi connectivity index (χ0v) is 52.3. The molecule has 5 aromatic carbocycles. The Balaban J connectivity index is 0.000000150. The van der Waals surface area contributed by atoms with Gasteiger partial charge in [-0.1, -0.05) is 91.0 Å². The van der Waals surface area contributed by atoms with E-state index in [9.17, 15) is 29.7 Å². The molecule has 4 atom stereocenters. The molecule has 0 bridgehead atoms. The standard InChI is InChI=1S/C23H29N5O3.2C23H28N4O3/c1-3-28-22-18(14-25-28)21(26-17-9-11-31-12-10-17)19(13-24-22)23(30)27-20(15(2)29)16-7-5-4-6-8-16;2*1-2-27-21-9-8-18(23(29)26-20(15-28)16-6-4-3-5-7-16)22(19(21)14-24-27)25-17-10-12-30-13-11-17/h4-8,13-15,17,20,29H,3,9-12H2,1-2H3,(H,24,26)(H,27,30);2*3-9,14,17,20,25,28H,2,10-13,15H2,1H3,(H,26,29)/t15-,20-;2*20-/m110/s1. The fourth-order valence-electron chi connectivity index (χ4n) is 11.9. The van der Waals surface area contributed by atoms with Gasteiger partial charge in [0.2, 0.25) is 0 Å². The fourth-order valence-corrected chi connectivity index (χ4v) is 11.9. The number of pyridine rings is 1. The second-order valence-electron chi connectivity index (χ2n) is 22.9. The Morgan fingerprint density at radius 2 is 0.835 bits per heavy atom. The summed E-state index contributed by atoms with van der Waals surface area (Å²) in [6, 6.07) is 35.3. The van der Waals surface area contributed by atoms with E-state index in [1.165, 1.54) is 0 Å². The van der Waals surface area contributed by atoms with E-state index >= 15 is 0 Å². The van der Waals surface area contributed by atoms with Gasteiger partial charge < -0.3 is 61.4 Å². The molecular formula is C69H85N13O9. The van der Waals surface area contributed by atoms with Gasteiger partial charge in [0.15, 0.2) is 5.65 Å². The summed E-state index contributed by atoms with van der Waals surface area (Å²) in [5, 5.41) is 65.8. The van der Waals surface area contributed by atoms with Crippen molar-refractivity contribution in [1.82, 2.24) is 50.3 Å². The minimum atomic E-state index is -0.752. The maximum Gasteiger partial charge on any atom is 0.255 e. The normalized spacial score (nSPS) is 16.1. The molecule has 0 unspecified atom stereocenters. The number of carbonyl (C=O) groups is 3. The summed E-state index contributed by atoms with van der Waals surface area (Å²) in [7, 11) is 0. The Kier molecular flexibility index (Phi) is 22.8. The molecule has 3 amide bonds. The predicted molar refractivity (Wildman–Crippen MR) is 352 cm³/mol. The number of amides is 3. The van der Waals surface area contributed by atoms with Crippen LogP contribution in [-0.4, -0.2) is 144 Å². The minimum Gasteiger partial charge on any atom is -0.394 e. The molecule has 9 N–H and O–H groups in total. The topological polar surface area (TPSA) is 278 Å². The maximum atomic E-state index is 13.4. The Bertz CT molecular complexity index is 3640. The van der Waals surface area contributed by atoms with Crippen molar-refractivity contribution in [3.8, 4) is 0 Å². The molecule has 7 heterocycles. The van der Waals surface area contributed by atoms with Crippen molar-refractivity contribution in [2.24, 2.45) is 0 Å². The summed E-state index contributed by atoms with van der Waals surface area (Å²) >= 11 is 0. The van der Waals surface area contributed by atoms with Crippen LogP contribution in [0.2, 0.25) is 0 Å². The second-order valence-corrected chi connectivity index (χ2v) is 22.9. The van der Waals surface area contributed by atoms with Gasteiger partial charge >= 0.3 is 0 Å². The Hall–Kier alpha value is -8.77. The molecule has 3 fully saturated rings. The lowest BCUT2D eigenvalue weighted by Crippen LogP contribution is -2.36. The van der Waals surface area contributed by atoms with Crippen molar-refractivity contribution < 1.29 is 43.9 Å². The molecule has 0 aliphatic carbocycles. The molecule has 0 saturated carbocycles. The van der Waals surface area contributed by atoms with Crippen LogP contribution in [-0.2, 0) is 33.8 Å². The van der Waals surface area contributed by atoms with Crippen LogP contribution in [0.3, 0.4) is 0 Å². The van der Waals surface area contributed by atoms with Gasteiger partial charge in [0.05, 0.1) is 106 Å². The molecule has 9 aromatic rings. The average Bonchev–Trinajstić information content (AvgIpc) is 1.76. The van der Waals surface area contributed by atoms with Crippen LogP contribution in [0.15, 0.2) is 140 Å². The van der Waals surface area contributed by atoms with E-state index in [0.717, 1.165) is 118 Å². The quantitative estimate of drug-likeness (QED) is 0.0324. The van der Waals surface area contributed by atoms with Gasteiger partial charge in [-0.3, -0.25) is 23.7 Å². The van der Waals surface area contributed by atoms with Crippen molar-refractivity contribution in [2.45, 2.75) is 128 Å². The number of aliphatic hydroxyl groups excluding tert-OH is 3. The van der Waals surface area contributed by atoms with Crippen molar-refractivity contribution in [3.63, 3.8) is 0 Å². The smallest absolute Gasteiger partial charge is 0.255 e. The number of aliphatic hydroxyl groups is 3. The molecular weight excluding hydrogens is 1150 g/mol. The molecule has 22 nitrogen and oxygen atoms in total. The monoisotopic (exact) mass is 1240 g/mol. The first-order valence-electron chi connectivity index (χ1n) is 31.8. The zero-order chi connectivity index (χ0) is 63.6. The summed E-state index contributed by atoms with van der Waals surface area (Å²) in [5.41, 5.74) is 9.17. The van der Waals surface area contributed by atoms with Gasteiger partial charge in [0, 0.05) is 94.4 Å². The van der Waals surface area contributed by atoms with Gasteiger partial charge in [-0.05, 0) is 107 Å². The number of aromatic nitrogens is 7. The number of fused-ring (bicyclic) bond motifs is 3. The highest BCUT2D eigenvalue weighted by Gasteiger charge is 2.28. The van der Waals surface area contributed by atoms with Crippen molar-refractivity contribution >= 4 is 67.6 Å². The zero-order valence-electron chi connectivity index (χ0n) is 52.3. The van der Waals surface area contributed by atoms with Crippen LogP contribution in [0.5, 0.6) is 0 Å². The Morgan fingerprint density at radius 3 is 1.22 bits per heavy atom. The van der Waals surface area contributed by atoms with Crippen LogP contribution in [0.25, 0.3) is 32.8 Å². The SMILES string of the molecule is CCn1ncc2c(NC3CCOCC3)c(C(=O)N[C@@H](CO)c3ccccc3)ccc21.CCn1ncc2c(NC3CCOCC3)c(C(=O)N[C@@H](c3ccccc3)[C@@H](C)O)cnc21.CCn1ncc2c(NC3CCOCC3)c(C(=O)N[C@H](CO)c3ccccc3)ccc21. The number of benzene rings is 5. The molecule has 4 aromatic heterocycles.